The number of rotatable bonds is 7. The van der Waals surface area contributed by atoms with Gasteiger partial charge in [-0.1, -0.05) is 37.3 Å². The number of aliphatic hydroxyl groups is 1. The molecule has 2 amide bonds. The molecule has 136 valence electrons. The van der Waals surface area contributed by atoms with Gasteiger partial charge in [-0.15, -0.1) is 0 Å². The van der Waals surface area contributed by atoms with Crippen LogP contribution < -0.4 is 5.32 Å². The summed E-state index contributed by atoms with van der Waals surface area (Å²) in [5, 5.41) is 17.4. The van der Waals surface area contributed by atoms with Crippen molar-refractivity contribution >= 4 is 11.8 Å². The van der Waals surface area contributed by atoms with E-state index < -0.39 is 5.60 Å². The van der Waals surface area contributed by atoms with Crippen LogP contribution in [0.1, 0.15) is 45.7 Å². The Balaban J connectivity index is 2.16. The molecule has 0 aliphatic carbocycles. The van der Waals surface area contributed by atoms with Gasteiger partial charge >= 0.3 is 6.03 Å². The van der Waals surface area contributed by atoms with Crippen molar-refractivity contribution in [2.75, 3.05) is 11.9 Å². The van der Waals surface area contributed by atoms with Gasteiger partial charge in [0.1, 0.15) is 5.82 Å². The highest BCUT2D eigenvalue weighted by Crippen LogP contribution is 2.18. The summed E-state index contributed by atoms with van der Waals surface area (Å²) in [5.74, 6) is 0.660. The van der Waals surface area contributed by atoms with E-state index in [4.69, 9.17) is 0 Å². The zero-order valence-corrected chi connectivity index (χ0v) is 15.4. The van der Waals surface area contributed by atoms with Crippen molar-refractivity contribution in [2.45, 2.75) is 52.3 Å². The molecule has 6 heteroatoms. The Hall–Kier alpha value is -2.34. The van der Waals surface area contributed by atoms with E-state index in [1.54, 1.807) is 31.0 Å². The Kier molecular flexibility index (Phi) is 6.20. The van der Waals surface area contributed by atoms with Crippen molar-refractivity contribution in [1.29, 1.82) is 0 Å². The quantitative estimate of drug-likeness (QED) is 0.805. The predicted octanol–water partition coefficient (Wildman–Crippen LogP) is 3.66. The first-order chi connectivity index (χ1) is 11.8. The summed E-state index contributed by atoms with van der Waals surface area (Å²) in [6.45, 7) is 8.18. The molecule has 0 aliphatic heterocycles. The van der Waals surface area contributed by atoms with Crippen LogP contribution in [-0.2, 0) is 6.54 Å². The molecule has 0 saturated heterocycles. The lowest BCUT2D eigenvalue weighted by molar-refractivity contribution is 0.0469. The van der Waals surface area contributed by atoms with Gasteiger partial charge in [0, 0.05) is 12.6 Å². The van der Waals surface area contributed by atoms with Crippen molar-refractivity contribution < 1.29 is 9.90 Å². The number of amides is 2. The molecule has 1 unspecified atom stereocenters. The minimum absolute atomic E-state index is 0.196. The van der Waals surface area contributed by atoms with Crippen LogP contribution in [0.15, 0.2) is 42.6 Å². The number of hydrogen-bond acceptors (Lipinski definition) is 3. The van der Waals surface area contributed by atoms with Gasteiger partial charge < -0.3 is 10.0 Å². The monoisotopic (exact) mass is 344 g/mol. The Labute approximate surface area is 149 Å². The number of nitrogens with one attached hydrogen (secondary N) is 1. The summed E-state index contributed by atoms with van der Waals surface area (Å²) in [6, 6.07) is 11.5. The first kappa shape index (κ1) is 19.0. The molecule has 0 bridgehead atoms. The minimum Gasteiger partial charge on any atom is -0.389 e. The van der Waals surface area contributed by atoms with Crippen LogP contribution in [0, 0.1) is 0 Å². The highest BCUT2D eigenvalue weighted by Gasteiger charge is 2.24. The maximum atomic E-state index is 12.8. The van der Waals surface area contributed by atoms with E-state index in [1.165, 1.54) is 0 Å². The Morgan fingerprint density at radius 3 is 2.60 bits per heavy atom. The summed E-state index contributed by atoms with van der Waals surface area (Å²) in [6.07, 6.45) is 2.60. The minimum atomic E-state index is -0.983. The van der Waals surface area contributed by atoms with Crippen LogP contribution in [0.3, 0.4) is 0 Å². The van der Waals surface area contributed by atoms with E-state index >= 15 is 0 Å². The molecule has 0 spiro atoms. The van der Waals surface area contributed by atoms with Crippen LogP contribution in [0.4, 0.5) is 10.6 Å². The average molecular weight is 344 g/mol. The average Bonchev–Trinajstić information content (AvgIpc) is 3.01. The zero-order valence-electron chi connectivity index (χ0n) is 15.4. The third kappa shape index (κ3) is 5.60. The number of anilines is 1. The smallest absolute Gasteiger partial charge is 0.323 e. The SMILES string of the molecule is CCC(C)n1nccc1NC(=O)N(Cc1ccccc1)CC(C)(C)O. The number of urea groups is 1. The molecular formula is C19H28N4O2. The van der Waals surface area contributed by atoms with E-state index in [0.29, 0.717) is 12.4 Å². The molecule has 6 nitrogen and oxygen atoms in total. The second-order valence-electron chi connectivity index (χ2n) is 7.00. The maximum absolute atomic E-state index is 12.8. The third-order valence-corrected chi connectivity index (χ3v) is 3.99. The molecule has 1 heterocycles. The molecule has 1 aromatic carbocycles. The maximum Gasteiger partial charge on any atom is 0.323 e. The molecule has 0 saturated carbocycles. The van der Waals surface area contributed by atoms with Gasteiger partial charge in [-0.25, -0.2) is 9.48 Å². The largest absolute Gasteiger partial charge is 0.389 e. The van der Waals surface area contributed by atoms with Gasteiger partial charge in [0.05, 0.1) is 24.4 Å². The molecule has 2 rings (SSSR count). The molecule has 0 aliphatic rings. The van der Waals surface area contributed by atoms with Gasteiger partial charge in [0.15, 0.2) is 0 Å². The predicted molar refractivity (Wildman–Crippen MR) is 99.4 cm³/mol. The highest BCUT2D eigenvalue weighted by atomic mass is 16.3. The fraction of sp³-hybridized carbons (Fsp3) is 0.474. The molecule has 25 heavy (non-hydrogen) atoms. The molecule has 2 N–H and O–H groups in total. The summed E-state index contributed by atoms with van der Waals surface area (Å²) >= 11 is 0. The summed E-state index contributed by atoms with van der Waals surface area (Å²) in [5.41, 5.74) is 0.0284. The lowest BCUT2D eigenvalue weighted by Gasteiger charge is -2.29. The van der Waals surface area contributed by atoms with Gasteiger partial charge in [0.2, 0.25) is 0 Å². The summed E-state index contributed by atoms with van der Waals surface area (Å²) < 4.78 is 1.81. The molecule has 1 atom stereocenters. The number of carbonyl (C=O) groups is 1. The topological polar surface area (TPSA) is 70.4 Å². The van der Waals surface area contributed by atoms with Crippen molar-refractivity contribution in [1.82, 2.24) is 14.7 Å². The molecule has 0 radical (unpaired) electrons. The standard InChI is InChI=1S/C19H28N4O2/c1-5-15(2)23-17(11-12-20-23)21-18(24)22(14-19(3,4)25)13-16-9-7-6-8-10-16/h6-12,15,25H,5,13-14H2,1-4H3,(H,21,24). The first-order valence-electron chi connectivity index (χ1n) is 8.66. The van der Waals surface area contributed by atoms with E-state index in [-0.39, 0.29) is 18.6 Å². The van der Waals surface area contributed by atoms with Crippen LogP contribution in [0.25, 0.3) is 0 Å². The van der Waals surface area contributed by atoms with Crippen LogP contribution in [0.5, 0.6) is 0 Å². The van der Waals surface area contributed by atoms with Crippen molar-refractivity contribution in [3.63, 3.8) is 0 Å². The van der Waals surface area contributed by atoms with E-state index in [1.807, 2.05) is 35.0 Å². The Morgan fingerprint density at radius 2 is 2.00 bits per heavy atom. The van der Waals surface area contributed by atoms with Gasteiger partial charge in [-0.2, -0.15) is 5.10 Å². The van der Waals surface area contributed by atoms with Crippen molar-refractivity contribution in [3.05, 3.63) is 48.2 Å². The highest BCUT2D eigenvalue weighted by molar-refractivity contribution is 5.88. The molecular weight excluding hydrogens is 316 g/mol. The number of aromatic nitrogens is 2. The first-order valence-corrected chi connectivity index (χ1v) is 8.66. The summed E-state index contributed by atoms with van der Waals surface area (Å²) in [4.78, 5) is 14.4. The number of carbonyl (C=O) groups excluding carboxylic acids is 1. The van der Waals surface area contributed by atoms with Gasteiger partial charge in [-0.05, 0) is 32.8 Å². The van der Waals surface area contributed by atoms with Crippen molar-refractivity contribution in [2.24, 2.45) is 0 Å². The molecule has 1 aromatic heterocycles. The van der Waals surface area contributed by atoms with Crippen LogP contribution >= 0.6 is 0 Å². The van der Waals surface area contributed by atoms with Crippen molar-refractivity contribution in [3.8, 4) is 0 Å². The van der Waals surface area contributed by atoms with E-state index in [0.717, 1.165) is 12.0 Å². The van der Waals surface area contributed by atoms with Crippen LogP contribution in [0.2, 0.25) is 0 Å². The zero-order chi connectivity index (χ0) is 18.4. The second-order valence-corrected chi connectivity index (χ2v) is 7.00. The third-order valence-electron chi connectivity index (χ3n) is 3.99. The van der Waals surface area contributed by atoms with Crippen LogP contribution in [-0.4, -0.2) is 38.0 Å². The number of hydrogen-bond donors (Lipinski definition) is 2. The Bertz CT molecular complexity index is 676. The molecule has 2 aromatic rings. The fourth-order valence-corrected chi connectivity index (χ4v) is 2.60. The number of nitrogens with zero attached hydrogens (tertiary/aromatic N) is 3. The summed E-state index contributed by atoms with van der Waals surface area (Å²) in [7, 11) is 0. The number of benzene rings is 1. The molecule has 0 fully saturated rings. The van der Waals surface area contributed by atoms with E-state index in [2.05, 4.69) is 24.3 Å². The Morgan fingerprint density at radius 1 is 1.32 bits per heavy atom. The second kappa shape index (κ2) is 8.16. The van der Waals surface area contributed by atoms with Gasteiger partial charge in [0.25, 0.3) is 0 Å². The lowest BCUT2D eigenvalue weighted by atomic mass is 10.1. The fourth-order valence-electron chi connectivity index (χ4n) is 2.60. The van der Waals surface area contributed by atoms with Gasteiger partial charge in [-0.3, -0.25) is 5.32 Å². The lowest BCUT2D eigenvalue weighted by Crippen LogP contribution is -2.44. The van der Waals surface area contributed by atoms with E-state index in [9.17, 15) is 9.90 Å². The normalized spacial score (nSPS) is 12.7.